The minimum atomic E-state index is -0.264. The van der Waals surface area contributed by atoms with Crippen molar-refractivity contribution in [1.82, 2.24) is 0 Å². The second-order valence-corrected chi connectivity index (χ2v) is 2.44. The maximum Gasteiger partial charge on any atom is 0.330 e. The molecule has 2 nitrogen and oxygen atoms in total. The molecule has 0 fully saturated rings. The van der Waals surface area contributed by atoms with E-state index in [1.807, 2.05) is 6.92 Å². The normalized spacial score (nSPS) is 11.3. The van der Waals surface area contributed by atoms with Crippen LogP contribution in [0.25, 0.3) is 0 Å². The minimum absolute atomic E-state index is 0.264. The first-order valence-electron chi connectivity index (χ1n) is 3.10. The summed E-state index contributed by atoms with van der Waals surface area (Å²) in [7, 11) is 0. The van der Waals surface area contributed by atoms with Gasteiger partial charge in [0.05, 0.1) is 6.61 Å². The lowest BCUT2D eigenvalue weighted by Crippen LogP contribution is -2.00. The van der Waals surface area contributed by atoms with Crippen LogP contribution in [0.2, 0.25) is 0 Å². The smallest absolute Gasteiger partial charge is 0.330 e. The Bertz CT molecular complexity index is 141. The molecule has 0 aromatic rings. The number of rotatable bonds is 3. The molecular formula is C7H11BrO2. The van der Waals surface area contributed by atoms with Crippen molar-refractivity contribution in [3.05, 3.63) is 11.6 Å². The molecule has 0 bridgehead atoms. The summed E-state index contributed by atoms with van der Waals surface area (Å²) in [5, 5.41) is 0.714. The summed E-state index contributed by atoms with van der Waals surface area (Å²) in [6.07, 6.45) is 1.48. The molecule has 0 saturated carbocycles. The van der Waals surface area contributed by atoms with Crippen molar-refractivity contribution in [1.29, 1.82) is 0 Å². The highest BCUT2D eigenvalue weighted by molar-refractivity contribution is 9.09. The Hall–Kier alpha value is -0.310. The summed E-state index contributed by atoms with van der Waals surface area (Å²) in [5.74, 6) is -0.264. The number of esters is 1. The summed E-state index contributed by atoms with van der Waals surface area (Å²) in [6, 6.07) is 0. The average Bonchev–Trinajstić information content (AvgIpc) is 1.88. The van der Waals surface area contributed by atoms with E-state index in [0.717, 1.165) is 5.57 Å². The van der Waals surface area contributed by atoms with Crippen LogP contribution < -0.4 is 0 Å². The molecule has 0 unspecified atom stereocenters. The molecule has 0 radical (unpaired) electrons. The highest BCUT2D eigenvalue weighted by atomic mass is 79.9. The van der Waals surface area contributed by atoms with Gasteiger partial charge in [-0.3, -0.25) is 0 Å². The van der Waals surface area contributed by atoms with Crippen molar-refractivity contribution in [3.8, 4) is 0 Å². The second-order valence-electron chi connectivity index (χ2n) is 1.88. The Morgan fingerprint density at radius 3 is 2.70 bits per heavy atom. The Morgan fingerprint density at radius 1 is 1.70 bits per heavy atom. The van der Waals surface area contributed by atoms with Gasteiger partial charge in [-0.15, -0.1) is 0 Å². The second kappa shape index (κ2) is 5.47. The third-order valence-corrected chi connectivity index (χ3v) is 1.75. The summed E-state index contributed by atoms with van der Waals surface area (Å²) in [4.78, 5) is 10.7. The first-order valence-corrected chi connectivity index (χ1v) is 4.22. The largest absolute Gasteiger partial charge is 0.463 e. The van der Waals surface area contributed by atoms with Crippen LogP contribution in [0.5, 0.6) is 0 Å². The van der Waals surface area contributed by atoms with Crippen molar-refractivity contribution in [2.75, 3.05) is 11.9 Å². The molecule has 3 heteroatoms. The third-order valence-electron chi connectivity index (χ3n) is 0.862. The number of carbonyl (C=O) groups excluding carboxylic acids is 1. The number of hydrogen-bond acceptors (Lipinski definition) is 2. The lowest BCUT2D eigenvalue weighted by Gasteiger charge is -1.95. The van der Waals surface area contributed by atoms with Crippen LogP contribution in [0.4, 0.5) is 0 Å². The molecule has 0 aliphatic carbocycles. The van der Waals surface area contributed by atoms with Gasteiger partial charge in [-0.25, -0.2) is 4.79 Å². The van der Waals surface area contributed by atoms with E-state index in [2.05, 4.69) is 20.7 Å². The predicted octanol–water partition coefficient (Wildman–Crippen LogP) is 1.89. The van der Waals surface area contributed by atoms with Gasteiger partial charge in [0, 0.05) is 11.4 Å². The van der Waals surface area contributed by atoms with E-state index in [-0.39, 0.29) is 5.97 Å². The fourth-order valence-electron chi connectivity index (χ4n) is 0.424. The Balaban J connectivity index is 3.75. The van der Waals surface area contributed by atoms with Gasteiger partial charge in [0.2, 0.25) is 0 Å². The van der Waals surface area contributed by atoms with Crippen molar-refractivity contribution in [3.63, 3.8) is 0 Å². The van der Waals surface area contributed by atoms with Gasteiger partial charge < -0.3 is 4.74 Å². The van der Waals surface area contributed by atoms with Gasteiger partial charge in [-0.1, -0.05) is 21.5 Å². The SMILES string of the molecule is CCOC(=O)/C=C(/C)CBr. The van der Waals surface area contributed by atoms with Crippen molar-refractivity contribution < 1.29 is 9.53 Å². The fraction of sp³-hybridized carbons (Fsp3) is 0.571. The first-order chi connectivity index (χ1) is 4.70. The van der Waals surface area contributed by atoms with Crippen LogP contribution in [0.1, 0.15) is 13.8 Å². The van der Waals surface area contributed by atoms with Crippen molar-refractivity contribution in [2.45, 2.75) is 13.8 Å². The van der Waals surface area contributed by atoms with Gasteiger partial charge >= 0.3 is 5.97 Å². The van der Waals surface area contributed by atoms with E-state index in [4.69, 9.17) is 0 Å². The summed E-state index contributed by atoms with van der Waals surface area (Å²) >= 11 is 3.22. The van der Waals surface area contributed by atoms with Gasteiger partial charge in [-0.2, -0.15) is 0 Å². The summed E-state index contributed by atoms with van der Waals surface area (Å²) in [5.41, 5.74) is 0.971. The van der Waals surface area contributed by atoms with Crippen LogP contribution in [-0.2, 0) is 9.53 Å². The quantitative estimate of drug-likeness (QED) is 0.401. The summed E-state index contributed by atoms with van der Waals surface area (Å²) in [6.45, 7) is 4.09. The number of alkyl halides is 1. The molecule has 0 aromatic heterocycles. The van der Waals surface area contributed by atoms with Crippen molar-refractivity contribution in [2.24, 2.45) is 0 Å². The zero-order valence-corrected chi connectivity index (χ0v) is 7.77. The molecule has 0 N–H and O–H groups in total. The van der Waals surface area contributed by atoms with Crippen LogP contribution >= 0.6 is 15.9 Å². The Morgan fingerprint density at radius 2 is 2.30 bits per heavy atom. The zero-order chi connectivity index (χ0) is 7.98. The minimum Gasteiger partial charge on any atom is -0.463 e. The average molecular weight is 207 g/mol. The van der Waals surface area contributed by atoms with Gasteiger partial charge in [-0.05, 0) is 13.8 Å². The molecule has 58 valence electrons. The molecule has 0 amide bonds. The molecule has 0 spiro atoms. The Kier molecular flexibility index (Phi) is 5.30. The molecule has 10 heavy (non-hydrogen) atoms. The standard InChI is InChI=1S/C7H11BrO2/c1-3-10-7(9)4-6(2)5-8/h4H,3,5H2,1-2H3/b6-4-. The molecule has 0 rings (SSSR count). The van der Waals surface area contributed by atoms with E-state index in [9.17, 15) is 4.79 Å². The van der Waals surface area contributed by atoms with E-state index >= 15 is 0 Å². The maximum absolute atomic E-state index is 10.7. The van der Waals surface area contributed by atoms with Crippen LogP contribution in [0, 0.1) is 0 Å². The van der Waals surface area contributed by atoms with Gasteiger partial charge in [0.25, 0.3) is 0 Å². The molecule has 0 aliphatic heterocycles. The van der Waals surface area contributed by atoms with Gasteiger partial charge in [0.1, 0.15) is 0 Å². The molecule has 0 heterocycles. The van der Waals surface area contributed by atoms with E-state index in [1.54, 1.807) is 6.92 Å². The van der Waals surface area contributed by atoms with Crippen LogP contribution in [-0.4, -0.2) is 17.9 Å². The van der Waals surface area contributed by atoms with E-state index < -0.39 is 0 Å². The molecule has 0 aromatic carbocycles. The number of ether oxygens (including phenoxy) is 1. The van der Waals surface area contributed by atoms with Crippen LogP contribution in [0.3, 0.4) is 0 Å². The number of halogens is 1. The van der Waals surface area contributed by atoms with Gasteiger partial charge in [0.15, 0.2) is 0 Å². The molecular weight excluding hydrogens is 196 g/mol. The molecule has 0 atom stereocenters. The topological polar surface area (TPSA) is 26.3 Å². The molecule has 0 aliphatic rings. The van der Waals surface area contributed by atoms with Crippen molar-refractivity contribution >= 4 is 21.9 Å². The highest BCUT2D eigenvalue weighted by Crippen LogP contribution is 1.97. The lowest BCUT2D eigenvalue weighted by atomic mass is 10.3. The number of hydrogen-bond donors (Lipinski definition) is 0. The lowest BCUT2D eigenvalue weighted by molar-refractivity contribution is -0.137. The van der Waals surface area contributed by atoms with Crippen LogP contribution in [0.15, 0.2) is 11.6 Å². The fourth-order valence-corrected chi connectivity index (χ4v) is 0.586. The Labute approximate surface area is 69.4 Å². The first kappa shape index (κ1) is 9.69. The third kappa shape index (κ3) is 4.56. The maximum atomic E-state index is 10.7. The van der Waals surface area contributed by atoms with E-state index in [1.165, 1.54) is 6.08 Å². The zero-order valence-electron chi connectivity index (χ0n) is 6.19. The highest BCUT2D eigenvalue weighted by Gasteiger charge is 1.95. The number of carbonyl (C=O) groups is 1. The number of allylic oxidation sites excluding steroid dienone is 1. The summed E-state index contributed by atoms with van der Waals surface area (Å²) < 4.78 is 4.68. The predicted molar refractivity (Wildman–Crippen MR) is 44.2 cm³/mol. The molecule has 0 saturated heterocycles. The van der Waals surface area contributed by atoms with E-state index in [0.29, 0.717) is 11.9 Å². The monoisotopic (exact) mass is 206 g/mol.